The lowest BCUT2D eigenvalue weighted by Gasteiger charge is -2.12. The van der Waals surface area contributed by atoms with E-state index in [4.69, 9.17) is 0 Å². The standard InChI is InChI=1S/C16H26N2O/c1-11(2)18-16(19)6-7-17-10-15-9-13(4)12(3)8-14(15)5/h8-9,11,17H,6-7,10H2,1-5H3,(H,18,19). The fourth-order valence-electron chi connectivity index (χ4n) is 2.03. The second-order valence-corrected chi connectivity index (χ2v) is 5.51. The van der Waals surface area contributed by atoms with Gasteiger partial charge in [0.25, 0.3) is 0 Å². The number of aryl methyl sites for hydroxylation is 3. The maximum Gasteiger partial charge on any atom is 0.221 e. The van der Waals surface area contributed by atoms with Gasteiger partial charge in [0.05, 0.1) is 0 Å². The fourth-order valence-corrected chi connectivity index (χ4v) is 2.03. The zero-order valence-corrected chi connectivity index (χ0v) is 12.8. The highest BCUT2D eigenvalue weighted by molar-refractivity contribution is 5.76. The van der Waals surface area contributed by atoms with E-state index in [9.17, 15) is 4.79 Å². The molecule has 0 atom stereocenters. The first kappa shape index (κ1) is 15.7. The number of amides is 1. The molecule has 0 fully saturated rings. The van der Waals surface area contributed by atoms with E-state index in [1.165, 1.54) is 22.3 Å². The van der Waals surface area contributed by atoms with Gasteiger partial charge >= 0.3 is 0 Å². The third-order valence-corrected chi connectivity index (χ3v) is 3.25. The third kappa shape index (κ3) is 5.43. The molecule has 3 heteroatoms. The maximum atomic E-state index is 11.5. The molecule has 0 aliphatic rings. The average molecular weight is 262 g/mol. The van der Waals surface area contributed by atoms with E-state index in [0.29, 0.717) is 13.0 Å². The summed E-state index contributed by atoms with van der Waals surface area (Å²) < 4.78 is 0. The van der Waals surface area contributed by atoms with Crippen molar-refractivity contribution in [1.29, 1.82) is 0 Å². The largest absolute Gasteiger partial charge is 0.354 e. The smallest absolute Gasteiger partial charge is 0.221 e. The minimum Gasteiger partial charge on any atom is -0.354 e. The number of hydrogen-bond acceptors (Lipinski definition) is 2. The van der Waals surface area contributed by atoms with Crippen molar-refractivity contribution >= 4 is 5.91 Å². The van der Waals surface area contributed by atoms with E-state index >= 15 is 0 Å². The minimum atomic E-state index is 0.110. The van der Waals surface area contributed by atoms with Crippen LogP contribution in [0, 0.1) is 20.8 Å². The lowest BCUT2D eigenvalue weighted by Crippen LogP contribution is -2.32. The summed E-state index contributed by atoms with van der Waals surface area (Å²) in [6, 6.07) is 4.67. The Bertz CT molecular complexity index is 439. The van der Waals surface area contributed by atoms with Gasteiger partial charge in [-0.2, -0.15) is 0 Å². The number of rotatable bonds is 6. The number of nitrogens with one attached hydrogen (secondary N) is 2. The number of carbonyl (C=O) groups is 1. The summed E-state index contributed by atoms with van der Waals surface area (Å²) in [4.78, 5) is 11.5. The summed E-state index contributed by atoms with van der Waals surface area (Å²) in [5.41, 5.74) is 5.27. The van der Waals surface area contributed by atoms with Gasteiger partial charge in [-0.3, -0.25) is 4.79 Å². The van der Waals surface area contributed by atoms with Crippen LogP contribution in [-0.4, -0.2) is 18.5 Å². The molecule has 1 aromatic rings. The molecule has 0 heterocycles. The number of carbonyl (C=O) groups excluding carboxylic acids is 1. The molecule has 19 heavy (non-hydrogen) atoms. The highest BCUT2D eigenvalue weighted by Crippen LogP contribution is 2.14. The lowest BCUT2D eigenvalue weighted by molar-refractivity contribution is -0.121. The van der Waals surface area contributed by atoms with Crippen LogP contribution in [0.5, 0.6) is 0 Å². The zero-order valence-electron chi connectivity index (χ0n) is 12.8. The van der Waals surface area contributed by atoms with Crippen molar-refractivity contribution < 1.29 is 4.79 Å². The summed E-state index contributed by atoms with van der Waals surface area (Å²) in [5.74, 6) is 0.110. The topological polar surface area (TPSA) is 41.1 Å². The molecule has 1 amide bonds. The molecule has 0 saturated heterocycles. The van der Waals surface area contributed by atoms with Crippen molar-refractivity contribution in [3.05, 3.63) is 34.4 Å². The SMILES string of the molecule is Cc1cc(C)c(CNCCC(=O)NC(C)C)cc1C. The van der Waals surface area contributed by atoms with Gasteiger partial charge in [-0.1, -0.05) is 12.1 Å². The van der Waals surface area contributed by atoms with Gasteiger partial charge < -0.3 is 10.6 Å². The van der Waals surface area contributed by atoms with Gasteiger partial charge in [0.15, 0.2) is 0 Å². The first-order chi connectivity index (χ1) is 8.90. The van der Waals surface area contributed by atoms with Crippen LogP contribution in [-0.2, 0) is 11.3 Å². The van der Waals surface area contributed by atoms with E-state index in [0.717, 1.165) is 6.54 Å². The van der Waals surface area contributed by atoms with Crippen LogP contribution in [0.1, 0.15) is 42.5 Å². The normalized spacial score (nSPS) is 10.8. The molecule has 0 unspecified atom stereocenters. The number of hydrogen-bond donors (Lipinski definition) is 2. The van der Waals surface area contributed by atoms with E-state index in [1.54, 1.807) is 0 Å². The molecule has 1 aromatic carbocycles. The molecule has 1 rings (SSSR count). The Hall–Kier alpha value is -1.35. The van der Waals surface area contributed by atoms with Crippen molar-refractivity contribution in [2.75, 3.05) is 6.54 Å². The van der Waals surface area contributed by atoms with Crippen molar-refractivity contribution in [1.82, 2.24) is 10.6 Å². The van der Waals surface area contributed by atoms with Gasteiger partial charge in [-0.15, -0.1) is 0 Å². The Labute approximate surface area is 116 Å². The lowest BCUT2D eigenvalue weighted by atomic mass is 10.0. The van der Waals surface area contributed by atoms with Crippen LogP contribution in [0.25, 0.3) is 0 Å². The highest BCUT2D eigenvalue weighted by atomic mass is 16.1. The van der Waals surface area contributed by atoms with Crippen molar-refractivity contribution in [2.24, 2.45) is 0 Å². The molecule has 0 radical (unpaired) electrons. The van der Waals surface area contributed by atoms with Crippen LogP contribution >= 0.6 is 0 Å². The van der Waals surface area contributed by atoms with Gasteiger partial charge in [-0.05, 0) is 56.9 Å². The van der Waals surface area contributed by atoms with E-state index in [1.807, 2.05) is 13.8 Å². The molecule has 0 aliphatic heterocycles. The molecule has 0 aromatic heterocycles. The maximum absolute atomic E-state index is 11.5. The van der Waals surface area contributed by atoms with Crippen LogP contribution in [0.2, 0.25) is 0 Å². The third-order valence-electron chi connectivity index (χ3n) is 3.25. The Kier molecular flexibility index (Phi) is 6.03. The van der Waals surface area contributed by atoms with Gasteiger partial charge in [0.1, 0.15) is 0 Å². The predicted octanol–water partition coefficient (Wildman–Crippen LogP) is 2.62. The van der Waals surface area contributed by atoms with Crippen molar-refractivity contribution in [3.63, 3.8) is 0 Å². The molecule has 0 aliphatic carbocycles. The zero-order chi connectivity index (χ0) is 14.4. The molecule has 0 saturated carbocycles. The molecule has 106 valence electrons. The molecule has 0 bridgehead atoms. The van der Waals surface area contributed by atoms with E-state index < -0.39 is 0 Å². The van der Waals surface area contributed by atoms with Gasteiger partial charge in [0.2, 0.25) is 5.91 Å². The second-order valence-electron chi connectivity index (χ2n) is 5.51. The van der Waals surface area contributed by atoms with Crippen LogP contribution in [0.3, 0.4) is 0 Å². The summed E-state index contributed by atoms with van der Waals surface area (Å²) >= 11 is 0. The Morgan fingerprint density at radius 1 is 1.11 bits per heavy atom. The summed E-state index contributed by atoms with van der Waals surface area (Å²) in [6.07, 6.45) is 0.530. The summed E-state index contributed by atoms with van der Waals surface area (Å²) in [6.45, 7) is 11.9. The van der Waals surface area contributed by atoms with Crippen LogP contribution in [0.15, 0.2) is 12.1 Å². The van der Waals surface area contributed by atoms with Crippen molar-refractivity contribution in [2.45, 2.75) is 53.6 Å². The molecule has 2 N–H and O–H groups in total. The Morgan fingerprint density at radius 2 is 1.74 bits per heavy atom. The molecule has 3 nitrogen and oxygen atoms in total. The predicted molar refractivity (Wildman–Crippen MR) is 80.3 cm³/mol. The molecule has 0 spiro atoms. The average Bonchev–Trinajstić information content (AvgIpc) is 2.30. The van der Waals surface area contributed by atoms with E-state index in [2.05, 4.69) is 43.5 Å². The quantitative estimate of drug-likeness (QED) is 0.774. The second kappa shape index (κ2) is 7.29. The first-order valence-electron chi connectivity index (χ1n) is 6.97. The monoisotopic (exact) mass is 262 g/mol. The van der Waals surface area contributed by atoms with Crippen LogP contribution in [0.4, 0.5) is 0 Å². The Morgan fingerprint density at radius 3 is 2.37 bits per heavy atom. The molecular formula is C16H26N2O. The van der Waals surface area contributed by atoms with Crippen LogP contribution < -0.4 is 10.6 Å². The minimum absolute atomic E-state index is 0.110. The molecular weight excluding hydrogens is 236 g/mol. The van der Waals surface area contributed by atoms with Gasteiger partial charge in [0, 0.05) is 25.6 Å². The summed E-state index contributed by atoms with van der Waals surface area (Å²) in [5, 5.41) is 6.22. The first-order valence-corrected chi connectivity index (χ1v) is 6.97. The van der Waals surface area contributed by atoms with Gasteiger partial charge in [-0.25, -0.2) is 0 Å². The van der Waals surface area contributed by atoms with E-state index in [-0.39, 0.29) is 11.9 Å². The van der Waals surface area contributed by atoms with Crippen molar-refractivity contribution in [3.8, 4) is 0 Å². The Balaban J connectivity index is 2.38. The summed E-state index contributed by atoms with van der Waals surface area (Å²) in [7, 11) is 0. The highest BCUT2D eigenvalue weighted by Gasteiger charge is 2.04. The number of benzene rings is 1. The fraction of sp³-hybridized carbons (Fsp3) is 0.562.